The van der Waals surface area contributed by atoms with Crippen molar-refractivity contribution in [3.05, 3.63) is 41.2 Å². The Morgan fingerprint density at radius 3 is 2.67 bits per heavy atom. The lowest BCUT2D eigenvalue weighted by Gasteiger charge is -2.22. The number of ether oxygens (including phenoxy) is 1. The third kappa shape index (κ3) is 5.74. The summed E-state index contributed by atoms with van der Waals surface area (Å²) in [4.78, 5) is 21.2. The van der Waals surface area contributed by atoms with Crippen molar-refractivity contribution in [2.24, 2.45) is 0 Å². The van der Waals surface area contributed by atoms with E-state index in [1.54, 1.807) is 7.11 Å². The number of hydrogen-bond donors (Lipinski definition) is 0. The molecule has 0 aliphatic carbocycles. The molecule has 0 bridgehead atoms. The van der Waals surface area contributed by atoms with E-state index in [1.807, 2.05) is 4.90 Å². The molecular formula is C20H28N4O2S. The van der Waals surface area contributed by atoms with Crippen LogP contribution >= 0.6 is 11.5 Å². The molecule has 7 heteroatoms. The smallest absolute Gasteiger partial charge is 0.224 e. The highest BCUT2D eigenvalue weighted by Gasteiger charge is 2.20. The van der Waals surface area contributed by atoms with Crippen LogP contribution in [0.15, 0.2) is 24.3 Å². The van der Waals surface area contributed by atoms with Crippen LogP contribution < -0.4 is 4.90 Å². The molecule has 27 heavy (non-hydrogen) atoms. The highest BCUT2D eigenvalue weighted by molar-refractivity contribution is 7.09. The van der Waals surface area contributed by atoms with Gasteiger partial charge in [-0.25, -0.2) is 4.98 Å². The molecule has 1 fully saturated rings. The Balaban J connectivity index is 1.60. The number of amides is 1. The maximum Gasteiger partial charge on any atom is 0.224 e. The molecule has 0 saturated carbocycles. The van der Waals surface area contributed by atoms with Crippen molar-refractivity contribution in [1.82, 2.24) is 14.3 Å². The topological polar surface area (TPSA) is 58.6 Å². The number of aryl methyl sites for hydroxylation is 1. The van der Waals surface area contributed by atoms with E-state index >= 15 is 0 Å². The molecule has 146 valence electrons. The number of carbonyl (C=O) groups excluding carboxylic acids is 1. The van der Waals surface area contributed by atoms with Gasteiger partial charge in [0, 0.05) is 57.7 Å². The van der Waals surface area contributed by atoms with Gasteiger partial charge in [-0.1, -0.05) is 29.8 Å². The molecule has 3 rings (SSSR count). The molecule has 1 aromatic heterocycles. The summed E-state index contributed by atoms with van der Waals surface area (Å²) in [6.45, 7) is 5.85. The molecule has 0 N–H and O–H groups in total. The Kier molecular flexibility index (Phi) is 7.18. The van der Waals surface area contributed by atoms with E-state index in [4.69, 9.17) is 9.72 Å². The predicted molar refractivity (Wildman–Crippen MR) is 108 cm³/mol. The zero-order valence-corrected chi connectivity index (χ0v) is 17.0. The average Bonchev–Trinajstić information content (AvgIpc) is 3.36. The number of aromatic nitrogens is 2. The average molecular weight is 389 g/mol. The van der Waals surface area contributed by atoms with E-state index in [2.05, 4.69) is 40.5 Å². The summed E-state index contributed by atoms with van der Waals surface area (Å²) in [5, 5.41) is 0.864. The first-order valence-electron chi connectivity index (χ1n) is 9.55. The second-order valence-corrected chi connectivity index (χ2v) is 7.70. The van der Waals surface area contributed by atoms with Gasteiger partial charge >= 0.3 is 0 Å². The van der Waals surface area contributed by atoms with Crippen LogP contribution in [0, 0.1) is 6.92 Å². The van der Waals surface area contributed by atoms with Gasteiger partial charge in [-0.15, -0.1) is 0 Å². The summed E-state index contributed by atoms with van der Waals surface area (Å²) >= 11 is 1.40. The maximum atomic E-state index is 12.4. The van der Waals surface area contributed by atoms with E-state index in [9.17, 15) is 4.79 Å². The lowest BCUT2D eigenvalue weighted by atomic mass is 10.1. The highest BCUT2D eigenvalue weighted by Crippen LogP contribution is 2.20. The zero-order valence-electron chi connectivity index (χ0n) is 16.2. The van der Waals surface area contributed by atoms with Gasteiger partial charge in [-0.05, 0) is 25.3 Å². The summed E-state index contributed by atoms with van der Waals surface area (Å²) in [5.74, 6) is 1.06. The van der Waals surface area contributed by atoms with Gasteiger partial charge in [-0.2, -0.15) is 4.37 Å². The van der Waals surface area contributed by atoms with Crippen LogP contribution in [0.1, 0.15) is 36.2 Å². The summed E-state index contributed by atoms with van der Waals surface area (Å²) in [7, 11) is 1.69. The van der Waals surface area contributed by atoms with E-state index in [-0.39, 0.29) is 5.91 Å². The number of carbonyl (C=O) groups is 1. The Bertz CT molecular complexity index is 726. The van der Waals surface area contributed by atoms with Crippen LogP contribution in [-0.4, -0.2) is 60.1 Å². The fourth-order valence-electron chi connectivity index (χ4n) is 3.19. The lowest BCUT2D eigenvalue weighted by molar-refractivity contribution is -0.129. The van der Waals surface area contributed by atoms with Gasteiger partial charge in [-0.3, -0.25) is 4.79 Å². The largest absolute Gasteiger partial charge is 0.383 e. The number of anilines is 1. The maximum absolute atomic E-state index is 12.4. The van der Waals surface area contributed by atoms with E-state index in [0.29, 0.717) is 26.1 Å². The monoisotopic (exact) mass is 388 g/mol. The Labute approximate surface area is 165 Å². The molecule has 2 heterocycles. The summed E-state index contributed by atoms with van der Waals surface area (Å²) in [6, 6.07) is 8.45. The molecule has 0 unspecified atom stereocenters. The van der Waals surface area contributed by atoms with Gasteiger partial charge < -0.3 is 14.5 Å². The molecule has 1 amide bonds. The van der Waals surface area contributed by atoms with Crippen molar-refractivity contribution in [2.75, 3.05) is 44.8 Å². The molecule has 2 aromatic rings. The van der Waals surface area contributed by atoms with Crippen LogP contribution in [0.3, 0.4) is 0 Å². The SMILES string of the molecule is COCCN(CCC(=O)N1CCCC1)c1nc(Cc2ccc(C)cc2)ns1. The molecule has 1 aromatic carbocycles. The first-order chi connectivity index (χ1) is 13.2. The number of hydrogen-bond acceptors (Lipinski definition) is 6. The summed E-state index contributed by atoms with van der Waals surface area (Å²) < 4.78 is 9.75. The molecule has 0 radical (unpaired) electrons. The molecule has 1 saturated heterocycles. The van der Waals surface area contributed by atoms with Crippen molar-refractivity contribution in [1.29, 1.82) is 0 Å². The number of nitrogens with zero attached hydrogens (tertiary/aromatic N) is 4. The lowest BCUT2D eigenvalue weighted by Crippen LogP contribution is -2.34. The normalized spacial score (nSPS) is 13.9. The number of methoxy groups -OCH3 is 1. The first-order valence-corrected chi connectivity index (χ1v) is 10.3. The van der Waals surface area contributed by atoms with Crippen molar-refractivity contribution in [3.8, 4) is 0 Å². The molecular weight excluding hydrogens is 360 g/mol. The third-order valence-corrected chi connectivity index (χ3v) is 5.65. The molecule has 0 spiro atoms. The van der Waals surface area contributed by atoms with Crippen LogP contribution in [0.4, 0.5) is 5.13 Å². The highest BCUT2D eigenvalue weighted by atomic mass is 32.1. The van der Waals surface area contributed by atoms with Gasteiger partial charge in [0.15, 0.2) is 0 Å². The van der Waals surface area contributed by atoms with Crippen molar-refractivity contribution in [3.63, 3.8) is 0 Å². The minimum Gasteiger partial charge on any atom is -0.383 e. The second kappa shape index (κ2) is 9.80. The Morgan fingerprint density at radius 2 is 1.96 bits per heavy atom. The fraction of sp³-hybridized carbons (Fsp3) is 0.550. The molecule has 0 atom stereocenters. The second-order valence-electron chi connectivity index (χ2n) is 6.97. The van der Waals surface area contributed by atoms with Crippen molar-refractivity contribution < 1.29 is 9.53 Å². The molecule has 1 aliphatic heterocycles. The van der Waals surface area contributed by atoms with Gasteiger partial charge in [0.1, 0.15) is 5.82 Å². The number of benzene rings is 1. The number of rotatable bonds is 9. The fourth-order valence-corrected chi connectivity index (χ4v) is 3.93. The summed E-state index contributed by atoms with van der Waals surface area (Å²) in [5.41, 5.74) is 2.46. The first kappa shape index (κ1) is 19.8. The minimum atomic E-state index is 0.235. The third-order valence-electron chi connectivity index (χ3n) is 4.83. The minimum absolute atomic E-state index is 0.235. The van der Waals surface area contributed by atoms with Crippen LogP contribution in [0.5, 0.6) is 0 Å². The van der Waals surface area contributed by atoms with Crippen molar-refractivity contribution in [2.45, 2.75) is 32.6 Å². The predicted octanol–water partition coefficient (Wildman–Crippen LogP) is 2.90. The van der Waals surface area contributed by atoms with E-state index in [1.165, 1.54) is 22.7 Å². The summed E-state index contributed by atoms with van der Waals surface area (Å²) in [6.07, 6.45) is 3.48. The van der Waals surface area contributed by atoms with Gasteiger partial charge in [0.05, 0.1) is 6.61 Å². The Hall–Kier alpha value is -1.99. The zero-order chi connectivity index (χ0) is 19.1. The van der Waals surface area contributed by atoms with Crippen LogP contribution in [0.2, 0.25) is 0 Å². The van der Waals surface area contributed by atoms with Crippen LogP contribution in [0.25, 0.3) is 0 Å². The quantitative estimate of drug-likeness (QED) is 0.661. The molecule has 1 aliphatic rings. The van der Waals surface area contributed by atoms with Gasteiger partial charge in [0.25, 0.3) is 0 Å². The number of likely N-dealkylation sites (tertiary alicyclic amines) is 1. The van der Waals surface area contributed by atoms with Crippen molar-refractivity contribution >= 4 is 22.6 Å². The van der Waals surface area contributed by atoms with E-state index in [0.717, 1.165) is 43.3 Å². The molecule has 6 nitrogen and oxygen atoms in total. The van der Waals surface area contributed by atoms with E-state index < -0.39 is 0 Å². The standard InChI is InChI=1S/C20H28N4O2S/c1-16-5-7-17(8-6-16)15-18-21-20(27-22-18)24(13-14-26-2)12-9-19(25)23-10-3-4-11-23/h5-8H,3-4,9-15H2,1-2H3. The van der Waals surface area contributed by atoms with Gasteiger partial charge in [0.2, 0.25) is 11.0 Å². The van der Waals surface area contributed by atoms with Crippen LogP contribution in [-0.2, 0) is 16.0 Å². The Morgan fingerprint density at radius 1 is 1.22 bits per heavy atom.